The van der Waals surface area contributed by atoms with Crippen LogP contribution in [0.5, 0.6) is 0 Å². The number of azo groups is 2. The summed E-state index contributed by atoms with van der Waals surface area (Å²) in [5.41, 5.74) is 6.58. The lowest BCUT2D eigenvalue weighted by molar-refractivity contribution is 0.403. The smallest absolute Gasteiger partial charge is 0.159 e. The minimum atomic E-state index is 0.508. The van der Waals surface area contributed by atoms with Crippen LogP contribution in [0.2, 0.25) is 0 Å². The summed E-state index contributed by atoms with van der Waals surface area (Å²) in [4.78, 5) is 2.63. The SMILES string of the molecule is CCCCc1ccc(N=Nc2sc(N=Nc3ccc(N(CC(CC)CCCC)CC(CC)CCCC)cc3C)c(C#N)c2C)cc1. The van der Waals surface area contributed by atoms with Crippen LogP contribution in [0.1, 0.15) is 121 Å². The second-order valence-corrected chi connectivity index (χ2v) is 13.7. The topological polar surface area (TPSA) is 76.5 Å². The van der Waals surface area contributed by atoms with Gasteiger partial charge in [0.1, 0.15) is 11.1 Å². The Hall–Kier alpha value is -3.37. The average Bonchev–Trinajstić information content (AvgIpc) is 3.38. The van der Waals surface area contributed by atoms with Crippen molar-refractivity contribution >= 4 is 38.4 Å². The molecule has 3 rings (SSSR count). The van der Waals surface area contributed by atoms with Gasteiger partial charge < -0.3 is 4.90 Å². The Morgan fingerprint density at radius 2 is 1.35 bits per heavy atom. The first-order valence-corrected chi connectivity index (χ1v) is 18.5. The van der Waals surface area contributed by atoms with E-state index in [1.54, 1.807) is 0 Å². The molecule has 0 aliphatic carbocycles. The van der Waals surface area contributed by atoms with Gasteiger partial charge in [-0.1, -0.05) is 103 Å². The minimum absolute atomic E-state index is 0.508. The van der Waals surface area contributed by atoms with Gasteiger partial charge in [-0.05, 0) is 92.8 Å². The van der Waals surface area contributed by atoms with E-state index in [-0.39, 0.29) is 0 Å². The number of benzene rings is 2. The van der Waals surface area contributed by atoms with Gasteiger partial charge in [-0.2, -0.15) is 5.26 Å². The second-order valence-electron chi connectivity index (χ2n) is 12.7. The van der Waals surface area contributed by atoms with Crippen LogP contribution < -0.4 is 4.90 Å². The predicted octanol–water partition coefficient (Wildman–Crippen LogP) is 13.6. The van der Waals surface area contributed by atoms with E-state index in [4.69, 9.17) is 0 Å². The number of hydrogen-bond acceptors (Lipinski definition) is 7. The molecular formula is C39H56N6S. The van der Waals surface area contributed by atoms with Crippen molar-refractivity contribution in [3.8, 4) is 6.07 Å². The van der Waals surface area contributed by atoms with Gasteiger partial charge in [-0.15, -0.1) is 20.5 Å². The molecule has 0 saturated carbocycles. The van der Waals surface area contributed by atoms with E-state index in [9.17, 15) is 5.26 Å². The van der Waals surface area contributed by atoms with E-state index >= 15 is 0 Å². The van der Waals surface area contributed by atoms with Crippen LogP contribution in [0.4, 0.5) is 27.1 Å². The lowest BCUT2D eigenvalue weighted by atomic mass is 9.95. The summed E-state index contributed by atoms with van der Waals surface area (Å²) in [6.07, 6.45) is 13.5. The van der Waals surface area contributed by atoms with Gasteiger partial charge in [0.25, 0.3) is 0 Å². The molecule has 0 N–H and O–H groups in total. The standard InChI is InChI=1S/C39H56N6S/c1-8-13-16-31(11-4)27-45(28-32(12-5)17-14-9-2)35-23-24-37(29(6)25-35)42-44-39-36(26-40)30(7)38(46-39)43-41-34-21-19-33(20-22-34)18-15-10-3/h19-25,31-32H,8-18,27-28H2,1-7H3. The van der Waals surface area contributed by atoms with E-state index in [0.717, 1.165) is 42.0 Å². The number of anilines is 1. The summed E-state index contributed by atoms with van der Waals surface area (Å²) in [5.74, 6) is 1.40. The van der Waals surface area contributed by atoms with Gasteiger partial charge >= 0.3 is 0 Å². The zero-order valence-electron chi connectivity index (χ0n) is 29.5. The Bertz CT molecular complexity index is 1410. The Labute approximate surface area is 283 Å². The molecule has 0 aliphatic rings. The molecule has 0 amide bonds. The molecule has 0 saturated heterocycles. The zero-order valence-corrected chi connectivity index (χ0v) is 30.3. The molecule has 248 valence electrons. The van der Waals surface area contributed by atoms with Crippen LogP contribution in [0.3, 0.4) is 0 Å². The van der Waals surface area contributed by atoms with E-state index in [0.29, 0.717) is 27.4 Å². The Kier molecular flexibility index (Phi) is 16.1. The van der Waals surface area contributed by atoms with Crippen LogP contribution in [0.25, 0.3) is 0 Å². The van der Waals surface area contributed by atoms with Gasteiger partial charge in [0.2, 0.25) is 0 Å². The first-order valence-electron chi connectivity index (χ1n) is 17.7. The Morgan fingerprint density at radius 3 is 1.89 bits per heavy atom. The van der Waals surface area contributed by atoms with E-state index in [1.807, 2.05) is 19.1 Å². The summed E-state index contributed by atoms with van der Waals surface area (Å²) in [6, 6.07) is 17.1. The number of unbranched alkanes of at least 4 members (excludes halogenated alkanes) is 3. The van der Waals surface area contributed by atoms with Crippen molar-refractivity contribution in [1.82, 2.24) is 0 Å². The first kappa shape index (κ1) is 37.1. The molecule has 2 aromatic carbocycles. The van der Waals surface area contributed by atoms with Crippen LogP contribution in [0.15, 0.2) is 62.9 Å². The molecule has 46 heavy (non-hydrogen) atoms. The van der Waals surface area contributed by atoms with Crippen molar-refractivity contribution in [1.29, 1.82) is 5.26 Å². The third kappa shape index (κ3) is 11.2. The van der Waals surface area contributed by atoms with Crippen molar-refractivity contribution in [2.24, 2.45) is 32.3 Å². The van der Waals surface area contributed by atoms with E-state index < -0.39 is 0 Å². The van der Waals surface area contributed by atoms with Crippen LogP contribution in [-0.4, -0.2) is 13.1 Å². The van der Waals surface area contributed by atoms with Crippen LogP contribution in [0, 0.1) is 37.0 Å². The molecule has 0 fully saturated rings. The number of thiophene rings is 1. The summed E-state index contributed by atoms with van der Waals surface area (Å²) in [7, 11) is 0. The fourth-order valence-electron chi connectivity index (χ4n) is 5.79. The number of aryl methyl sites for hydroxylation is 2. The maximum atomic E-state index is 9.92. The largest absolute Gasteiger partial charge is 0.371 e. The van der Waals surface area contributed by atoms with Gasteiger partial charge in [0.05, 0.1) is 16.9 Å². The summed E-state index contributed by atoms with van der Waals surface area (Å²) < 4.78 is 0. The summed E-state index contributed by atoms with van der Waals surface area (Å²) in [6.45, 7) is 17.7. The molecular weight excluding hydrogens is 585 g/mol. The highest BCUT2D eigenvalue weighted by Crippen LogP contribution is 2.42. The molecule has 1 heterocycles. The molecule has 7 heteroatoms. The van der Waals surface area contributed by atoms with Crippen LogP contribution in [-0.2, 0) is 6.42 Å². The molecule has 0 bridgehead atoms. The second kappa shape index (κ2) is 20.0. The molecule has 0 aliphatic heterocycles. The predicted molar refractivity (Wildman–Crippen MR) is 197 cm³/mol. The normalized spacial score (nSPS) is 13.0. The van der Waals surface area contributed by atoms with Crippen molar-refractivity contribution in [3.05, 3.63) is 64.7 Å². The number of hydrogen-bond donors (Lipinski definition) is 0. The fourth-order valence-corrected chi connectivity index (χ4v) is 6.69. The van der Waals surface area contributed by atoms with Gasteiger partial charge in [0.15, 0.2) is 5.00 Å². The molecule has 1 aromatic heterocycles. The summed E-state index contributed by atoms with van der Waals surface area (Å²) in [5, 5.41) is 29.3. The minimum Gasteiger partial charge on any atom is -0.371 e. The van der Waals surface area contributed by atoms with Crippen molar-refractivity contribution in [3.63, 3.8) is 0 Å². The van der Waals surface area contributed by atoms with Crippen LogP contribution >= 0.6 is 11.3 Å². The van der Waals surface area contributed by atoms with Crippen molar-refractivity contribution in [2.75, 3.05) is 18.0 Å². The maximum absolute atomic E-state index is 9.92. The average molecular weight is 641 g/mol. The van der Waals surface area contributed by atoms with Gasteiger partial charge in [0, 0.05) is 24.3 Å². The van der Waals surface area contributed by atoms with Gasteiger partial charge in [-0.3, -0.25) is 0 Å². The van der Waals surface area contributed by atoms with E-state index in [2.05, 4.69) is 103 Å². The van der Waals surface area contributed by atoms with E-state index in [1.165, 1.54) is 86.8 Å². The molecule has 0 radical (unpaired) electrons. The van der Waals surface area contributed by atoms with Gasteiger partial charge in [-0.25, -0.2) is 0 Å². The first-order chi connectivity index (χ1) is 22.4. The lowest BCUT2D eigenvalue weighted by Gasteiger charge is -2.33. The third-order valence-electron chi connectivity index (χ3n) is 9.06. The molecule has 6 nitrogen and oxygen atoms in total. The number of nitrogens with zero attached hydrogens (tertiary/aromatic N) is 6. The number of rotatable bonds is 20. The highest BCUT2D eigenvalue weighted by atomic mass is 32.1. The lowest BCUT2D eigenvalue weighted by Crippen LogP contribution is -2.34. The van der Waals surface area contributed by atoms with Crippen molar-refractivity contribution in [2.45, 2.75) is 119 Å². The zero-order chi connectivity index (χ0) is 33.3. The monoisotopic (exact) mass is 640 g/mol. The maximum Gasteiger partial charge on any atom is 0.159 e. The Morgan fingerprint density at radius 1 is 0.739 bits per heavy atom. The Balaban J connectivity index is 1.81. The fraction of sp³-hybridized carbons (Fsp3) is 0.564. The highest BCUT2D eigenvalue weighted by molar-refractivity contribution is 7.19. The summed E-state index contributed by atoms with van der Waals surface area (Å²) >= 11 is 1.36. The molecule has 3 aromatic rings. The highest BCUT2D eigenvalue weighted by Gasteiger charge is 2.19. The van der Waals surface area contributed by atoms with Crippen molar-refractivity contribution < 1.29 is 0 Å². The number of nitriles is 1. The molecule has 2 atom stereocenters. The molecule has 2 unspecified atom stereocenters. The molecule has 0 spiro atoms. The third-order valence-corrected chi connectivity index (χ3v) is 10.1. The quantitative estimate of drug-likeness (QED) is 0.115.